The van der Waals surface area contributed by atoms with E-state index in [1.165, 1.54) is 0 Å². The zero-order valence-corrected chi connectivity index (χ0v) is 15.1. The molecule has 1 N–H and O–H groups in total. The van der Waals surface area contributed by atoms with Crippen molar-refractivity contribution in [1.29, 1.82) is 0 Å². The van der Waals surface area contributed by atoms with Crippen LogP contribution in [0.4, 0.5) is 0 Å². The number of nitrogens with one attached hydrogen (secondary N) is 1. The van der Waals surface area contributed by atoms with Gasteiger partial charge in [-0.1, -0.05) is 0 Å². The smallest absolute Gasteiger partial charge is 0.229 e. The number of carbonyl (C=O) groups excluding carboxylic acids is 2. The Morgan fingerprint density at radius 1 is 1.35 bits per heavy atom. The first kappa shape index (κ1) is 16.3. The molecule has 2 aliphatic heterocycles. The molecule has 1 aromatic rings. The molecule has 6 rings (SSSR count). The predicted octanol–water partition coefficient (Wildman–Crippen LogP) is 1.06. The van der Waals surface area contributed by atoms with E-state index in [1.807, 2.05) is 0 Å². The van der Waals surface area contributed by atoms with Crippen LogP contribution in [0.2, 0.25) is 0 Å². The van der Waals surface area contributed by atoms with Crippen LogP contribution in [0, 0.1) is 24.2 Å². The Balaban J connectivity index is 1.23. The van der Waals surface area contributed by atoms with Crippen LogP contribution in [0.15, 0.2) is 10.6 Å². The third-order valence-electron chi connectivity index (χ3n) is 6.76. The van der Waals surface area contributed by atoms with Crippen molar-refractivity contribution in [3.8, 4) is 0 Å². The second kappa shape index (κ2) is 5.81. The first-order valence-corrected chi connectivity index (χ1v) is 9.62. The number of aryl methyl sites for hydroxylation is 1. The molecule has 3 aliphatic carbocycles. The van der Waals surface area contributed by atoms with Crippen LogP contribution in [-0.2, 0) is 20.7 Å². The van der Waals surface area contributed by atoms with Gasteiger partial charge in [-0.2, -0.15) is 0 Å². The maximum Gasteiger partial charge on any atom is 0.229 e. The molecule has 140 valence electrons. The van der Waals surface area contributed by atoms with Crippen molar-refractivity contribution >= 4 is 11.8 Å². The van der Waals surface area contributed by atoms with Crippen LogP contribution >= 0.6 is 0 Å². The summed E-state index contributed by atoms with van der Waals surface area (Å²) in [5.41, 5.74) is -0.0816. The monoisotopic (exact) mass is 359 g/mol. The maximum atomic E-state index is 13.2. The van der Waals surface area contributed by atoms with E-state index >= 15 is 0 Å². The summed E-state index contributed by atoms with van der Waals surface area (Å²) in [5.74, 6) is 2.53. The molecule has 3 saturated carbocycles. The van der Waals surface area contributed by atoms with Crippen LogP contribution < -0.4 is 5.32 Å². The number of hydrogen-bond acceptors (Lipinski definition) is 5. The minimum absolute atomic E-state index is 0.0795. The van der Waals surface area contributed by atoms with Gasteiger partial charge >= 0.3 is 0 Å². The lowest BCUT2D eigenvalue weighted by Crippen LogP contribution is -2.64. The van der Waals surface area contributed by atoms with Gasteiger partial charge in [-0.25, -0.2) is 4.98 Å². The van der Waals surface area contributed by atoms with Crippen LogP contribution in [0.5, 0.6) is 0 Å². The first-order valence-electron chi connectivity index (χ1n) is 9.62. The second-order valence-electron chi connectivity index (χ2n) is 8.55. The second-order valence-corrected chi connectivity index (χ2v) is 8.55. The van der Waals surface area contributed by atoms with Crippen LogP contribution in [-0.4, -0.2) is 53.5 Å². The molecular formula is C19H25N3O4. The standard InChI is InChI=1S/C19H25N3O4/c1-11-20-8-15(26-11)3-17(23)21-7-14-2-13-9-25-10-16(13)22(14)18(24)19-4-12(5-19)6-19/h8,12-14,16H,2-7,9-10H2,1H3,(H,21,23). The van der Waals surface area contributed by atoms with Crippen molar-refractivity contribution in [2.45, 2.75) is 51.1 Å². The molecule has 26 heavy (non-hydrogen) atoms. The van der Waals surface area contributed by atoms with Gasteiger partial charge in [0.25, 0.3) is 0 Å². The molecule has 2 amide bonds. The highest BCUT2D eigenvalue weighted by molar-refractivity contribution is 5.87. The fraction of sp³-hybridized carbons (Fsp3) is 0.737. The summed E-state index contributed by atoms with van der Waals surface area (Å²) < 4.78 is 11.0. The number of rotatable bonds is 5. The Kier molecular flexibility index (Phi) is 3.64. The summed E-state index contributed by atoms with van der Waals surface area (Å²) in [4.78, 5) is 31.6. The number of carbonyl (C=O) groups is 2. The lowest BCUT2D eigenvalue weighted by Gasteiger charge is -2.61. The van der Waals surface area contributed by atoms with Crippen molar-refractivity contribution in [2.75, 3.05) is 19.8 Å². The van der Waals surface area contributed by atoms with Gasteiger partial charge in [0, 0.05) is 25.4 Å². The minimum Gasteiger partial charge on any atom is -0.446 e. The van der Waals surface area contributed by atoms with Gasteiger partial charge < -0.3 is 19.4 Å². The van der Waals surface area contributed by atoms with Gasteiger partial charge in [0.2, 0.25) is 11.8 Å². The quantitative estimate of drug-likeness (QED) is 0.850. The number of amides is 2. The van der Waals surface area contributed by atoms with Crippen molar-refractivity contribution in [2.24, 2.45) is 17.3 Å². The first-order chi connectivity index (χ1) is 12.5. The highest BCUT2D eigenvalue weighted by Gasteiger charge is 2.64. The molecule has 3 heterocycles. The molecule has 3 unspecified atom stereocenters. The number of fused-ring (bicyclic) bond motifs is 1. The predicted molar refractivity (Wildman–Crippen MR) is 91.1 cm³/mol. The zero-order valence-electron chi connectivity index (χ0n) is 15.1. The molecule has 7 heteroatoms. The summed E-state index contributed by atoms with van der Waals surface area (Å²) in [6, 6.07) is 0.270. The molecule has 5 aliphatic rings. The van der Waals surface area contributed by atoms with Gasteiger partial charge in [0.05, 0.1) is 37.3 Å². The Bertz CT molecular complexity index is 728. The normalized spacial score (nSPS) is 37.0. The maximum absolute atomic E-state index is 13.2. The lowest BCUT2D eigenvalue weighted by atomic mass is 9.44. The Morgan fingerprint density at radius 3 is 2.81 bits per heavy atom. The highest BCUT2D eigenvalue weighted by atomic mass is 16.5. The van der Waals surface area contributed by atoms with Gasteiger partial charge in [-0.15, -0.1) is 0 Å². The molecule has 0 spiro atoms. The molecule has 0 radical (unpaired) electrons. The third kappa shape index (κ3) is 2.47. The molecule has 5 fully saturated rings. The van der Waals surface area contributed by atoms with E-state index in [9.17, 15) is 9.59 Å². The van der Waals surface area contributed by atoms with Crippen LogP contribution in [0.25, 0.3) is 0 Å². The van der Waals surface area contributed by atoms with Crippen molar-refractivity contribution < 1.29 is 18.7 Å². The molecule has 0 aromatic carbocycles. The van der Waals surface area contributed by atoms with Gasteiger partial charge in [0.15, 0.2) is 5.89 Å². The van der Waals surface area contributed by atoms with Crippen LogP contribution in [0.1, 0.15) is 37.3 Å². The number of hydrogen-bond donors (Lipinski definition) is 1. The molecule has 1 aromatic heterocycles. The summed E-state index contributed by atoms with van der Waals surface area (Å²) in [7, 11) is 0. The van der Waals surface area contributed by atoms with E-state index < -0.39 is 0 Å². The third-order valence-corrected chi connectivity index (χ3v) is 6.76. The average molecular weight is 359 g/mol. The number of nitrogens with zero attached hydrogens (tertiary/aromatic N) is 2. The van der Waals surface area contributed by atoms with Crippen LogP contribution in [0.3, 0.4) is 0 Å². The largest absolute Gasteiger partial charge is 0.446 e. The fourth-order valence-electron chi connectivity index (χ4n) is 5.31. The van der Waals surface area contributed by atoms with Crippen molar-refractivity contribution in [1.82, 2.24) is 15.2 Å². The van der Waals surface area contributed by atoms with Gasteiger partial charge in [-0.05, 0) is 31.6 Å². The number of likely N-dealkylation sites (tertiary alicyclic amines) is 1. The molecule has 3 atom stereocenters. The number of aromatic nitrogens is 1. The summed E-state index contributed by atoms with van der Waals surface area (Å²) in [5, 5.41) is 3.00. The van der Waals surface area contributed by atoms with Gasteiger partial charge in [-0.3, -0.25) is 9.59 Å². The SMILES string of the molecule is Cc1ncc(CC(=O)NCC2CC3COCC3N2C(=O)C23CC(C2)C3)o1. The molecule has 2 saturated heterocycles. The summed E-state index contributed by atoms with van der Waals surface area (Å²) in [6.45, 7) is 3.63. The molecule has 2 bridgehead atoms. The van der Waals surface area contributed by atoms with E-state index in [-0.39, 0.29) is 29.8 Å². The zero-order chi connectivity index (χ0) is 17.9. The number of oxazole rings is 1. The fourth-order valence-corrected chi connectivity index (χ4v) is 5.31. The van der Waals surface area contributed by atoms with E-state index in [1.54, 1.807) is 13.1 Å². The Hall–Kier alpha value is -1.89. The van der Waals surface area contributed by atoms with E-state index in [2.05, 4.69) is 15.2 Å². The van der Waals surface area contributed by atoms with E-state index in [4.69, 9.17) is 9.15 Å². The highest BCUT2D eigenvalue weighted by Crippen LogP contribution is 2.65. The van der Waals surface area contributed by atoms with Crippen molar-refractivity contribution in [3.05, 3.63) is 17.8 Å². The van der Waals surface area contributed by atoms with Gasteiger partial charge in [0.1, 0.15) is 5.76 Å². The van der Waals surface area contributed by atoms with E-state index in [0.717, 1.165) is 38.2 Å². The average Bonchev–Trinajstić information content (AvgIpc) is 3.17. The molecule has 7 nitrogen and oxygen atoms in total. The summed E-state index contributed by atoms with van der Waals surface area (Å²) >= 11 is 0. The van der Waals surface area contributed by atoms with Crippen molar-refractivity contribution in [3.63, 3.8) is 0 Å². The summed E-state index contributed by atoms with van der Waals surface area (Å²) in [6.07, 6.45) is 5.87. The Labute approximate surface area is 152 Å². The topological polar surface area (TPSA) is 84.7 Å². The lowest BCUT2D eigenvalue weighted by molar-refractivity contribution is -0.180. The minimum atomic E-state index is -0.0904. The van der Waals surface area contributed by atoms with E-state index in [0.29, 0.717) is 36.6 Å². The number of ether oxygens (including phenoxy) is 1. The molecular weight excluding hydrogens is 334 g/mol. The Morgan fingerprint density at radius 2 is 2.15 bits per heavy atom.